The fourth-order valence-corrected chi connectivity index (χ4v) is 1.55. The van der Waals surface area contributed by atoms with Crippen LogP contribution in [0.5, 0.6) is 11.6 Å². The molecule has 0 aliphatic carbocycles. The maximum absolute atomic E-state index is 10.8. The molecule has 2 N–H and O–H groups in total. The largest absolute Gasteiger partial charge is 0.478 e. The Morgan fingerprint density at radius 2 is 2.24 bits per heavy atom. The van der Waals surface area contributed by atoms with Crippen LogP contribution in [0.1, 0.15) is 16.1 Å². The Morgan fingerprint density at radius 1 is 1.47 bits per heavy atom. The molecule has 2 rings (SSSR count). The van der Waals surface area contributed by atoms with Gasteiger partial charge in [0.05, 0.1) is 10.6 Å². The molecule has 0 fully saturated rings. The molecule has 88 valence electrons. The number of nitrogens with zero attached hydrogens (tertiary/aromatic N) is 1. The number of H-pyrrole nitrogens is 1. The Hall–Kier alpha value is -2.01. The third-order valence-corrected chi connectivity index (χ3v) is 2.39. The fourth-order valence-electron chi connectivity index (χ4n) is 1.30. The van der Waals surface area contributed by atoms with Crippen molar-refractivity contribution in [2.75, 3.05) is 0 Å². The third kappa shape index (κ3) is 2.57. The first-order valence-corrected chi connectivity index (χ1v) is 5.17. The summed E-state index contributed by atoms with van der Waals surface area (Å²) in [6, 6.07) is 6.08. The first-order valence-electron chi connectivity index (χ1n) is 4.79. The molecule has 1 aromatic heterocycles. The second-order valence-corrected chi connectivity index (χ2v) is 3.85. The molecular weight excluding hydrogens is 244 g/mol. The molecule has 1 heterocycles. The van der Waals surface area contributed by atoms with Crippen molar-refractivity contribution in [1.29, 1.82) is 0 Å². The number of rotatable bonds is 3. The van der Waals surface area contributed by atoms with E-state index in [2.05, 4.69) is 10.2 Å². The molecule has 0 amide bonds. The van der Waals surface area contributed by atoms with Gasteiger partial charge in [0.15, 0.2) is 0 Å². The van der Waals surface area contributed by atoms with Gasteiger partial charge in [0.1, 0.15) is 5.75 Å². The summed E-state index contributed by atoms with van der Waals surface area (Å²) in [5.41, 5.74) is 0.908. The number of carboxylic acid groups (broad SMARTS) is 1. The Bertz CT molecular complexity index is 566. The monoisotopic (exact) mass is 252 g/mol. The summed E-state index contributed by atoms with van der Waals surface area (Å²) in [5.74, 6) is -0.231. The van der Waals surface area contributed by atoms with Crippen LogP contribution in [0.3, 0.4) is 0 Å². The number of hydrogen-bond acceptors (Lipinski definition) is 3. The highest BCUT2D eigenvalue weighted by molar-refractivity contribution is 6.33. The van der Waals surface area contributed by atoms with Crippen LogP contribution in [0, 0.1) is 6.92 Å². The van der Waals surface area contributed by atoms with Gasteiger partial charge >= 0.3 is 5.97 Å². The van der Waals surface area contributed by atoms with E-state index in [4.69, 9.17) is 21.4 Å². The molecule has 0 spiro atoms. The van der Waals surface area contributed by atoms with Gasteiger partial charge in [-0.25, -0.2) is 4.79 Å². The molecule has 1 aromatic carbocycles. The highest BCUT2D eigenvalue weighted by Gasteiger charge is 2.10. The first kappa shape index (κ1) is 11.5. The first-order chi connectivity index (χ1) is 8.06. The highest BCUT2D eigenvalue weighted by Crippen LogP contribution is 2.26. The van der Waals surface area contributed by atoms with Crippen LogP contribution in [0.2, 0.25) is 5.02 Å². The van der Waals surface area contributed by atoms with E-state index in [9.17, 15) is 4.79 Å². The van der Waals surface area contributed by atoms with Gasteiger partial charge in [-0.3, -0.25) is 5.10 Å². The predicted molar refractivity (Wildman–Crippen MR) is 61.8 cm³/mol. The van der Waals surface area contributed by atoms with Gasteiger partial charge in [0.2, 0.25) is 5.88 Å². The molecule has 0 aliphatic heterocycles. The average molecular weight is 253 g/mol. The Kier molecular flexibility index (Phi) is 3.01. The molecule has 0 aliphatic rings. The van der Waals surface area contributed by atoms with E-state index in [1.54, 1.807) is 6.07 Å². The Morgan fingerprint density at radius 3 is 2.76 bits per heavy atom. The minimum absolute atomic E-state index is 0.0391. The summed E-state index contributed by atoms with van der Waals surface area (Å²) in [7, 11) is 0. The zero-order valence-electron chi connectivity index (χ0n) is 8.90. The van der Waals surface area contributed by atoms with Gasteiger partial charge in [-0.15, -0.1) is 5.10 Å². The highest BCUT2D eigenvalue weighted by atomic mass is 35.5. The molecular formula is C11H9ClN2O3. The molecule has 6 heteroatoms. The molecule has 0 unspecified atom stereocenters. The van der Waals surface area contributed by atoms with Gasteiger partial charge in [-0.05, 0) is 19.1 Å². The van der Waals surface area contributed by atoms with Gasteiger partial charge < -0.3 is 9.84 Å². The van der Waals surface area contributed by atoms with Crippen molar-refractivity contribution < 1.29 is 14.6 Å². The van der Waals surface area contributed by atoms with Crippen molar-refractivity contribution in [3.05, 3.63) is 40.5 Å². The number of nitrogens with one attached hydrogen (secondary N) is 1. The number of aromatic carboxylic acids is 1. The second kappa shape index (κ2) is 4.47. The number of carboxylic acids is 1. The molecule has 2 aromatic rings. The quantitative estimate of drug-likeness (QED) is 0.881. The van der Waals surface area contributed by atoms with Crippen molar-refractivity contribution in [1.82, 2.24) is 10.2 Å². The summed E-state index contributed by atoms with van der Waals surface area (Å²) in [4.78, 5) is 10.8. The minimum Gasteiger partial charge on any atom is -0.478 e. The SMILES string of the molecule is Cc1cc(Oc2ccc(C(=O)O)c(Cl)c2)n[nH]1. The summed E-state index contributed by atoms with van der Waals surface area (Å²) in [6.45, 7) is 1.85. The zero-order valence-corrected chi connectivity index (χ0v) is 9.65. The number of hydrogen-bond donors (Lipinski definition) is 2. The van der Waals surface area contributed by atoms with Crippen LogP contribution in [0.25, 0.3) is 0 Å². The lowest BCUT2D eigenvalue weighted by Crippen LogP contribution is -1.97. The maximum Gasteiger partial charge on any atom is 0.337 e. The van der Waals surface area contributed by atoms with Gasteiger partial charge in [-0.1, -0.05) is 11.6 Å². The van der Waals surface area contributed by atoms with Gasteiger partial charge in [-0.2, -0.15) is 0 Å². The van der Waals surface area contributed by atoms with E-state index in [1.165, 1.54) is 18.2 Å². The van der Waals surface area contributed by atoms with E-state index in [1.807, 2.05) is 6.92 Å². The summed E-state index contributed by atoms with van der Waals surface area (Å²) < 4.78 is 5.40. The van der Waals surface area contributed by atoms with Crippen molar-refractivity contribution in [2.24, 2.45) is 0 Å². The summed E-state index contributed by atoms with van der Waals surface area (Å²) in [6.07, 6.45) is 0. The molecule has 17 heavy (non-hydrogen) atoms. The average Bonchev–Trinajstić information content (AvgIpc) is 2.63. The molecule has 0 saturated carbocycles. The lowest BCUT2D eigenvalue weighted by Gasteiger charge is -2.04. The van der Waals surface area contributed by atoms with E-state index in [-0.39, 0.29) is 10.6 Å². The van der Waals surface area contributed by atoms with Crippen LogP contribution >= 0.6 is 11.6 Å². The zero-order chi connectivity index (χ0) is 12.4. The fraction of sp³-hybridized carbons (Fsp3) is 0.0909. The van der Waals surface area contributed by atoms with Crippen molar-refractivity contribution in [3.8, 4) is 11.6 Å². The molecule has 0 bridgehead atoms. The Labute approximate surface area is 102 Å². The number of aryl methyl sites for hydroxylation is 1. The predicted octanol–water partition coefficient (Wildman–Crippen LogP) is 2.86. The molecule has 0 atom stereocenters. The van der Waals surface area contributed by atoms with Crippen LogP contribution in [-0.4, -0.2) is 21.3 Å². The van der Waals surface area contributed by atoms with Crippen molar-refractivity contribution >= 4 is 17.6 Å². The normalized spacial score (nSPS) is 10.2. The number of aromatic amines is 1. The molecule has 5 nitrogen and oxygen atoms in total. The van der Waals surface area contributed by atoms with E-state index >= 15 is 0 Å². The second-order valence-electron chi connectivity index (χ2n) is 3.44. The van der Waals surface area contributed by atoms with E-state index < -0.39 is 5.97 Å². The standard InChI is InChI=1S/C11H9ClN2O3/c1-6-4-10(14-13-6)17-7-2-3-8(11(15)16)9(12)5-7/h2-5H,1H3,(H,13,14)(H,15,16). The van der Waals surface area contributed by atoms with Gasteiger partial charge in [0.25, 0.3) is 0 Å². The number of benzene rings is 1. The minimum atomic E-state index is -1.07. The van der Waals surface area contributed by atoms with Crippen LogP contribution in [-0.2, 0) is 0 Å². The topological polar surface area (TPSA) is 75.2 Å². The number of ether oxygens (including phenoxy) is 1. The number of carbonyl (C=O) groups is 1. The lowest BCUT2D eigenvalue weighted by atomic mass is 10.2. The van der Waals surface area contributed by atoms with E-state index in [0.29, 0.717) is 11.6 Å². The van der Waals surface area contributed by atoms with Crippen molar-refractivity contribution in [3.63, 3.8) is 0 Å². The number of halogens is 1. The number of aromatic nitrogens is 2. The van der Waals surface area contributed by atoms with Crippen LogP contribution in [0.4, 0.5) is 0 Å². The summed E-state index contributed by atoms with van der Waals surface area (Å²) >= 11 is 5.81. The van der Waals surface area contributed by atoms with Crippen LogP contribution in [0.15, 0.2) is 24.3 Å². The Balaban J connectivity index is 2.23. The molecule has 0 radical (unpaired) electrons. The van der Waals surface area contributed by atoms with Crippen LogP contribution < -0.4 is 4.74 Å². The smallest absolute Gasteiger partial charge is 0.337 e. The molecule has 0 saturated heterocycles. The third-order valence-electron chi connectivity index (χ3n) is 2.08. The maximum atomic E-state index is 10.8. The summed E-state index contributed by atoms with van der Waals surface area (Å²) in [5, 5.41) is 15.6. The van der Waals surface area contributed by atoms with Gasteiger partial charge in [0, 0.05) is 17.8 Å². The van der Waals surface area contributed by atoms with Crippen molar-refractivity contribution in [2.45, 2.75) is 6.92 Å². The lowest BCUT2D eigenvalue weighted by molar-refractivity contribution is 0.0697. The van der Waals surface area contributed by atoms with E-state index in [0.717, 1.165) is 5.69 Å².